The van der Waals surface area contributed by atoms with Crippen LogP contribution in [0.25, 0.3) is 33.1 Å². The summed E-state index contributed by atoms with van der Waals surface area (Å²) < 4.78 is 0. The van der Waals surface area contributed by atoms with Crippen molar-refractivity contribution in [2.24, 2.45) is 0 Å². The Balaban J connectivity index is 1.67. The van der Waals surface area contributed by atoms with E-state index in [1.54, 1.807) is 24.8 Å². The Hall–Kier alpha value is -3.73. The van der Waals surface area contributed by atoms with Crippen molar-refractivity contribution in [2.75, 3.05) is 0 Å². The summed E-state index contributed by atoms with van der Waals surface area (Å²) in [5.74, 6) is -0.0217. The first-order chi connectivity index (χ1) is 12.8. The summed E-state index contributed by atoms with van der Waals surface area (Å²) in [4.78, 5) is 28.1. The van der Waals surface area contributed by atoms with Gasteiger partial charge in [-0.25, -0.2) is 4.98 Å². The van der Waals surface area contributed by atoms with Crippen molar-refractivity contribution in [3.05, 3.63) is 84.6 Å². The average molecular weight is 338 g/mol. The minimum absolute atomic E-state index is 0.0217. The predicted molar refractivity (Wildman–Crippen MR) is 101 cm³/mol. The van der Waals surface area contributed by atoms with Crippen molar-refractivity contribution in [1.29, 1.82) is 0 Å². The number of benzene rings is 1. The van der Waals surface area contributed by atoms with E-state index in [-0.39, 0.29) is 5.78 Å². The van der Waals surface area contributed by atoms with Gasteiger partial charge < -0.3 is 9.97 Å². The molecule has 0 fully saturated rings. The van der Waals surface area contributed by atoms with Crippen LogP contribution in [0.5, 0.6) is 0 Å². The first-order valence-electron chi connectivity index (χ1n) is 8.29. The number of carbonyl (C=O) groups excluding carboxylic acids is 1. The highest BCUT2D eigenvalue weighted by molar-refractivity contribution is 6.21. The maximum atomic E-state index is 13.2. The standard InChI is InChI=1S/C21H14N4O/c26-20(16-4-1-5-19-15(16)6-8-23-19)18-12-25-21-17(18)9-14(11-24-21)13-3-2-7-22-10-13/h1-12,23H,(H,24,25). The van der Waals surface area contributed by atoms with Crippen LogP contribution in [0, 0.1) is 0 Å². The molecule has 0 radical (unpaired) electrons. The zero-order valence-corrected chi connectivity index (χ0v) is 13.7. The third-order valence-electron chi connectivity index (χ3n) is 4.61. The lowest BCUT2D eigenvalue weighted by atomic mass is 9.99. The molecule has 0 aliphatic heterocycles. The largest absolute Gasteiger partial charge is 0.361 e. The van der Waals surface area contributed by atoms with E-state index >= 15 is 0 Å². The molecule has 0 aliphatic carbocycles. The molecule has 124 valence electrons. The van der Waals surface area contributed by atoms with Crippen LogP contribution in [0.1, 0.15) is 15.9 Å². The van der Waals surface area contributed by atoms with Crippen molar-refractivity contribution in [2.45, 2.75) is 0 Å². The Bertz CT molecular complexity index is 1250. The molecule has 2 N–H and O–H groups in total. The number of hydrogen-bond donors (Lipinski definition) is 2. The first kappa shape index (κ1) is 14.6. The van der Waals surface area contributed by atoms with E-state index in [1.807, 2.05) is 48.7 Å². The lowest BCUT2D eigenvalue weighted by Gasteiger charge is -2.04. The van der Waals surface area contributed by atoms with Crippen molar-refractivity contribution < 1.29 is 4.79 Å². The van der Waals surface area contributed by atoms with Crippen LogP contribution in [0.3, 0.4) is 0 Å². The summed E-state index contributed by atoms with van der Waals surface area (Å²) in [5.41, 5.74) is 4.84. The Morgan fingerprint density at radius 3 is 2.73 bits per heavy atom. The molecule has 0 bridgehead atoms. The maximum absolute atomic E-state index is 13.2. The molecular formula is C21H14N4O. The number of aromatic amines is 2. The van der Waals surface area contributed by atoms with Gasteiger partial charge in [0.25, 0.3) is 0 Å². The van der Waals surface area contributed by atoms with Crippen LogP contribution in [0.2, 0.25) is 0 Å². The number of carbonyl (C=O) groups is 1. The molecule has 5 heteroatoms. The van der Waals surface area contributed by atoms with Gasteiger partial charge in [-0.1, -0.05) is 18.2 Å². The molecule has 0 saturated heterocycles. The molecule has 5 nitrogen and oxygen atoms in total. The zero-order valence-electron chi connectivity index (χ0n) is 13.7. The first-order valence-corrected chi connectivity index (χ1v) is 8.29. The van der Waals surface area contributed by atoms with E-state index in [0.717, 1.165) is 27.4 Å². The van der Waals surface area contributed by atoms with Crippen LogP contribution in [0.15, 0.2) is 73.4 Å². The molecule has 26 heavy (non-hydrogen) atoms. The quantitative estimate of drug-likeness (QED) is 0.481. The number of fused-ring (bicyclic) bond motifs is 2. The predicted octanol–water partition coefficient (Wildman–Crippen LogP) is 4.34. The molecule has 4 heterocycles. The summed E-state index contributed by atoms with van der Waals surface area (Å²) in [6.45, 7) is 0. The maximum Gasteiger partial charge on any atom is 0.195 e. The van der Waals surface area contributed by atoms with Gasteiger partial charge in [0, 0.05) is 69.5 Å². The molecule has 0 aliphatic rings. The molecule has 0 spiro atoms. The fourth-order valence-corrected chi connectivity index (χ4v) is 3.31. The third-order valence-corrected chi connectivity index (χ3v) is 4.61. The highest BCUT2D eigenvalue weighted by Gasteiger charge is 2.18. The average Bonchev–Trinajstić information content (AvgIpc) is 3.34. The fraction of sp³-hybridized carbons (Fsp3) is 0. The van der Waals surface area contributed by atoms with Gasteiger partial charge >= 0.3 is 0 Å². The van der Waals surface area contributed by atoms with Crippen molar-refractivity contribution in [3.63, 3.8) is 0 Å². The van der Waals surface area contributed by atoms with Crippen LogP contribution in [-0.2, 0) is 0 Å². The molecule has 4 aromatic heterocycles. The highest BCUT2D eigenvalue weighted by atomic mass is 16.1. The third kappa shape index (κ3) is 2.22. The lowest BCUT2D eigenvalue weighted by molar-refractivity contribution is 0.104. The Kier molecular flexibility index (Phi) is 3.18. The van der Waals surface area contributed by atoms with Crippen LogP contribution >= 0.6 is 0 Å². The van der Waals surface area contributed by atoms with E-state index in [4.69, 9.17) is 0 Å². The highest BCUT2D eigenvalue weighted by Crippen LogP contribution is 2.27. The number of hydrogen-bond acceptors (Lipinski definition) is 3. The SMILES string of the molecule is O=C(c1cccc2[nH]ccc12)c1c[nH]c2ncc(-c3cccnc3)cc12. The molecule has 0 atom stereocenters. The second-order valence-electron chi connectivity index (χ2n) is 6.14. The number of nitrogens with one attached hydrogen (secondary N) is 2. The minimum Gasteiger partial charge on any atom is -0.361 e. The van der Waals surface area contributed by atoms with Gasteiger partial charge in [0.15, 0.2) is 5.78 Å². The van der Waals surface area contributed by atoms with E-state index in [1.165, 1.54) is 0 Å². The normalized spacial score (nSPS) is 11.2. The van der Waals surface area contributed by atoms with E-state index in [2.05, 4.69) is 19.9 Å². The van der Waals surface area contributed by atoms with Crippen molar-refractivity contribution in [3.8, 4) is 11.1 Å². The number of rotatable bonds is 3. The number of H-pyrrole nitrogens is 2. The molecule has 0 unspecified atom stereocenters. The van der Waals surface area contributed by atoms with Gasteiger partial charge in [0.05, 0.1) is 0 Å². The Labute approximate surface area is 148 Å². The van der Waals surface area contributed by atoms with Gasteiger partial charge in [-0.15, -0.1) is 0 Å². The topological polar surface area (TPSA) is 74.4 Å². The van der Waals surface area contributed by atoms with Gasteiger partial charge in [0.1, 0.15) is 5.65 Å². The summed E-state index contributed by atoms with van der Waals surface area (Å²) in [6.07, 6.45) is 8.89. The van der Waals surface area contributed by atoms with Gasteiger partial charge in [-0.3, -0.25) is 9.78 Å². The summed E-state index contributed by atoms with van der Waals surface area (Å²) in [5, 5.41) is 1.73. The molecule has 0 amide bonds. The second kappa shape index (κ2) is 5.67. The molecule has 5 rings (SSSR count). The smallest absolute Gasteiger partial charge is 0.195 e. The van der Waals surface area contributed by atoms with E-state index in [0.29, 0.717) is 16.8 Å². The van der Waals surface area contributed by atoms with Gasteiger partial charge in [-0.2, -0.15) is 0 Å². The zero-order chi connectivity index (χ0) is 17.5. The Morgan fingerprint density at radius 2 is 1.85 bits per heavy atom. The number of nitrogens with zero attached hydrogens (tertiary/aromatic N) is 2. The monoisotopic (exact) mass is 338 g/mol. The van der Waals surface area contributed by atoms with Gasteiger partial charge in [-0.05, 0) is 24.3 Å². The van der Waals surface area contributed by atoms with Crippen LogP contribution in [0.4, 0.5) is 0 Å². The minimum atomic E-state index is -0.0217. The van der Waals surface area contributed by atoms with Crippen LogP contribution in [-0.4, -0.2) is 25.7 Å². The van der Waals surface area contributed by atoms with E-state index < -0.39 is 0 Å². The molecule has 0 saturated carbocycles. The molecular weight excluding hydrogens is 324 g/mol. The molecule has 1 aromatic carbocycles. The van der Waals surface area contributed by atoms with Gasteiger partial charge in [0.2, 0.25) is 0 Å². The van der Waals surface area contributed by atoms with Crippen molar-refractivity contribution >= 4 is 27.7 Å². The molecule has 5 aromatic rings. The fourth-order valence-electron chi connectivity index (χ4n) is 3.31. The lowest BCUT2D eigenvalue weighted by Crippen LogP contribution is -2.01. The Morgan fingerprint density at radius 1 is 0.885 bits per heavy atom. The number of aromatic nitrogens is 4. The summed E-state index contributed by atoms with van der Waals surface area (Å²) >= 11 is 0. The summed E-state index contributed by atoms with van der Waals surface area (Å²) in [7, 11) is 0. The second-order valence-corrected chi connectivity index (χ2v) is 6.14. The summed E-state index contributed by atoms with van der Waals surface area (Å²) in [6, 6.07) is 13.5. The number of ketones is 1. The number of pyridine rings is 2. The van der Waals surface area contributed by atoms with Crippen molar-refractivity contribution in [1.82, 2.24) is 19.9 Å². The van der Waals surface area contributed by atoms with Crippen LogP contribution < -0.4 is 0 Å². The van der Waals surface area contributed by atoms with E-state index in [9.17, 15) is 4.79 Å².